The van der Waals surface area contributed by atoms with Gasteiger partial charge >= 0.3 is 0 Å². The number of nitrogens with zero attached hydrogens (tertiary/aromatic N) is 1. The van der Waals surface area contributed by atoms with Gasteiger partial charge in [0, 0.05) is 31.8 Å². The lowest BCUT2D eigenvalue weighted by molar-refractivity contribution is 0.0775. The monoisotopic (exact) mass is 216 g/mol. The molecule has 0 aliphatic carbocycles. The average Bonchev–Trinajstić information content (AvgIpc) is 2.16. The fraction of sp³-hybridized carbons (Fsp3) is 1.00. The van der Waals surface area contributed by atoms with Gasteiger partial charge in [-0.1, -0.05) is 20.8 Å². The molecule has 0 fully saturated rings. The first-order chi connectivity index (χ1) is 7.02. The molecule has 0 heterocycles. The summed E-state index contributed by atoms with van der Waals surface area (Å²) in [7, 11) is 1.77. The van der Waals surface area contributed by atoms with Crippen LogP contribution in [0.3, 0.4) is 0 Å². The van der Waals surface area contributed by atoms with E-state index >= 15 is 0 Å². The van der Waals surface area contributed by atoms with Crippen molar-refractivity contribution in [3.8, 4) is 0 Å². The first kappa shape index (κ1) is 14.9. The second kappa shape index (κ2) is 8.08. The summed E-state index contributed by atoms with van der Waals surface area (Å²) in [5.41, 5.74) is 0. The Kier molecular flexibility index (Phi) is 8.02. The van der Waals surface area contributed by atoms with Crippen LogP contribution in [0.4, 0.5) is 0 Å². The van der Waals surface area contributed by atoms with E-state index in [1.807, 2.05) is 0 Å². The quantitative estimate of drug-likeness (QED) is 0.669. The van der Waals surface area contributed by atoms with Crippen molar-refractivity contribution in [1.82, 2.24) is 10.2 Å². The molecule has 3 nitrogen and oxygen atoms in total. The van der Waals surface area contributed by atoms with E-state index in [9.17, 15) is 0 Å². The summed E-state index contributed by atoms with van der Waals surface area (Å²) in [6.07, 6.45) is 0. The Balaban J connectivity index is 4.02. The van der Waals surface area contributed by atoms with Crippen molar-refractivity contribution in [3.63, 3.8) is 0 Å². The molecule has 0 bridgehead atoms. The van der Waals surface area contributed by atoms with E-state index in [2.05, 4.69) is 44.8 Å². The van der Waals surface area contributed by atoms with E-state index in [1.165, 1.54) is 0 Å². The molecular formula is C12H28N2O. The lowest BCUT2D eigenvalue weighted by Crippen LogP contribution is -2.47. The topological polar surface area (TPSA) is 24.5 Å². The van der Waals surface area contributed by atoms with Crippen LogP contribution in [-0.2, 0) is 4.74 Å². The molecular weight excluding hydrogens is 188 g/mol. The van der Waals surface area contributed by atoms with Crippen molar-refractivity contribution in [2.75, 3.05) is 26.8 Å². The molecule has 92 valence electrons. The van der Waals surface area contributed by atoms with Gasteiger partial charge in [0.25, 0.3) is 0 Å². The van der Waals surface area contributed by atoms with Crippen LogP contribution in [0.5, 0.6) is 0 Å². The highest BCUT2D eigenvalue weighted by atomic mass is 16.5. The minimum absolute atomic E-state index is 0.490. The maximum Gasteiger partial charge on any atom is 0.0615 e. The van der Waals surface area contributed by atoms with Gasteiger partial charge in [-0.05, 0) is 20.4 Å². The Labute approximate surface area is 95.2 Å². The number of rotatable bonds is 8. The van der Waals surface area contributed by atoms with Crippen LogP contribution >= 0.6 is 0 Å². The highest BCUT2D eigenvalue weighted by molar-refractivity contribution is 4.74. The molecule has 2 unspecified atom stereocenters. The normalized spacial score (nSPS) is 16.0. The predicted octanol–water partition coefficient (Wildman–Crippen LogP) is 1.73. The van der Waals surface area contributed by atoms with Crippen molar-refractivity contribution in [2.45, 2.75) is 52.7 Å². The molecule has 0 aliphatic rings. The molecule has 0 amide bonds. The summed E-state index contributed by atoms with van der Waals surface area (Å²) in [6.45, 7) is 14.0. The first-order valence-corrected chi connectivity index (χ1v) is 6.00. The van der Waals surface area contributed by atoms with Gasteiger partial charge in [-0.3, -0.25) is 4.90 Å². The standard InChI is InChI=1S/C12H28N2O/c1-7-14(12(5)9-15-6)11(4)8-13-10(2)3/h10-13H,7-9H2,1-6H3. The molecule has 0 aromatic carbocycles. The zero-order chi connectivity index (χ0) is 11.8. The summed E-state index contributed by atoms with van der Waals surface area (Å²) in [4.78, 5) is 2.47. The first-order valence-electron chi connectivity index (χ1n) is 6.00. The van der Waals surface area contributed by atoms with Gasteiger partial charge in [0.2, 0.25) is 0 Å². The van der Waals surface area contributed by atoms with Gasteiger partial charge in [0.15, 0.2) is 0 Å². The number of ether oxygens (including phenoxy) is 1. The van der Waals surface area contributed by atoms with Gasteiger partial charge in [-0.15, -0.1) is 0 Å². The van der Waals surface area contributed by atoms with Crippen LogP contribution in [0.2, 0.25) is 0 Å². The third kappa shape index (κ3) is 6.13. The zero-order valence-corrected chi connectivity index (χ0v) is 11.2. The van der Waals surface area contributed by atoms with Crippen molar-refractivity contribution in [1.29, 1.82) is 0 Å². The van der Waals surface area contributed by atoms with Gasteiger partial charge < -0.3 is 10.1 Å². The summed E-state index contributed by atoms with van der Waals surface area (Å²) < 4.78 is 5.20. The van der Waals surface area contributed by atoms with Crippen LogP contribution in [-0.4, -0.2) is 49.8 Å². The largest absolute Gasteiger partial charge is 0.383 e. The maximum atomic E-state index is 5.20. The second-order valence-corrected chi connectivity index (χ2v) is 4.55. The number of hydrogen-bond donors (Lipinski definition) is 1. The zero-order valence-electron chi connectivity index (χ0n) is 11.2. The Morgan fingerprint density at radius 3 is 2.13 bits per heavy atom. The molecule has 0 saturated heterocycles. The van der Waals surface area contributed by atoms with E-state index in [1.54, 1.807) is 7.11 Å². The number of likely N-dealkylation sites (N-methyl/N-ethyl adjacent to an activating group) is 1. The highest BCUT2D eigenvalue weighted by Crippen LogP contribution is 2.05. The van der Waals surface area contributed by atoms with Crippen LogP contribution in [0.1, 0.15) is 34.6 Å². The van der Waals surface area contributed by atoms with Crippen molar-refractivity contribution in [3.05, 3.63) is 0 Å². The SMILES string of the molecule is CCN(C(C)CNC(C)C)C(C)COC. The third-order valence-electron chi connectivity index (χ3n) is 2.73. The number of hydrogen-bond acceptors (Lipinski definition) is 3. The summed E-state index contributed by atoms with van der Waals surface area (Å²) in [6, 6.07) is 1.61. The minimum atomic E-state index is 0.490. The van der Waals surface area contributed by atoms with Gasteiger partial charge in [-0.25, -0.2) is 0 Å². The Hall–Kier alpha value is -0.120. The molecule has 3 heteroatoms. The summed E-state index contributed by atoms with van der Waals surface area (Å²) in [5, 5.41) is 3.47. The van der Waals surface area contributed by atoms with Crippen molar-refractivity contribution >= 4 is 0 Å². The highest BCUT2D eigenvalue weighted by Gasteiger charge is 2.17. The van der Waals surface area contributed by atoms with Crippen molar-refractivity contribution in [2.24, 2.45) is 0 Å². The maximum absolute atomic E-state index is 5.20. The Bertz CT molecular complexity index is 151. The summed E-state index contributed by atoms with van der Waals surface area (Å²) >= 11 is 0. The van der Waals surface area contributed by atoms with Crippen LogP contribution < -0.4 is 5.32 Å². The van der Waals surface area contributed by atoms with Crippen LogP contribution in [0, 0.1) is 0 Å². The Morgan fingerprint density at radius 1 is 1.13 bits per heavy atom. The third-order valence-corrected chi connectivity index (χ3v) is 2.73. The van der Waals surface area contributed by atoms with Gasteiger partial charge in [0.05, 0.1) is 6.61 Å². The Morgan fingerprint density at radius 2 is 1.73 bits per heavy atom. The van der Waals surface area contributed by atoms with E-state index in [4.69, 9.17) is 4.74 Å². The molecule has 0 aromatic heterocycles. The molecule has 0 spiro atoms. The molecule has 2 atom stereocenters. The van der Waals surface area contributed by atoms with E-state index < -0.39 is 0 Å². The van der Waals surface area contributed by atoms with Crippen LogP contribution in [0.15, 0.2) is 0 Å². The minimum Gasteiger partial charge on any atom is -0.383 e. The van der Waals surface area contributed by atoms with E-state index in [0.29, 0.717) is 18.1 Å². The molecule has 0 aliphatic heterocycles. The number of methoxy groups -OCH3 is 1. The fourth-order valence-electron chi connectivity index (χ4n) is 1.92. The molecule has 0 rings (SSSR count). The van der Waals surface area contributed by atoms with Gasteiger partial charge in [0.1, 0.15) is 0 Å². The molecule has 1 N–H and O–H groups in total. The van der Waals surface area contributed by atoms with Gasteiger partial charge in [-0.2, -0.15) is 0 Å². The van der Waals surface area contributed by atoms with Crippen LogP contribution in [0.25, 0.3) is 0 Å². The average molecular weight is 216 g/mol. The van der Waals surface area contributed by atoms with E-state index in [-0.39, 0.29) is 0 Å². The fourth-order valence-corrected chi connectivity index (χ4v) is 1.92. The molecule has 0 radical (unpaired) electrons. The summed E-state index contributed by atoms with van der Waals surface area (Å²) in [5.74, 6) is 0. The lowest BCUT2D eigenvalue weighted by atomic mass is 10.2. The smallest absolute Gasteiger partial charge is 0.0615 e. The lowest BCUT2D eigenvalue weighted by Gasteiger charge is -2.33. The number of nitrogens with one attached hydrogen (secondary N) is 1. The predicted molar refractivity (Wildman–Crippen MR) is 66.3 cm³/mol. The van der Waals surface area contributed by atoms with Crippen molar-refractivity contribution < 1.29 is 4.74 Å². The van der Waals surface area contributed by atoms with E-state index in [0.717, 1.165) is 19.7 Å². The molecule has 0 saturated carbocycles. The second-order valence-electron chi connectivity index (χ2n) is 4.55. The molecule has 0 aromatic rings. The molecule has 15 heavy (non-hydrogen) atoms.